The van der Waals surface area contributed by atoms with Crippen LogP contribution in [0.5, 0.6) is 0 Å². The first-order chi connectivity index (χ1) is 9.26. The summed E-state index contributed by atoms with van der Waals surface area (Å²) in [7, 11) is 0. The van der Waals surface area contributed by atoms with E-state index in [2.05, 4.69) is 20.5 Å². The van der Waals surface area contributed by atoms with Gasteiger partial charge in [0.15, 0.2) is 23.5 Å². The minimum absolute atomic E-state index is 0.419. The van der Waals surface area contributed by atoms with E-state index in [0.717, 1.165) is 16.7 Å². The van der Waals surface area contributed by atoms with Gasteiger partial charge < -0.3 is 4.42 Å². The van der Waals surface area contributed by atoms with Crippen LogP contribution in [0.3, 0.4) is 0 Å². The largest absolute Gasteiger partial charge is 0.441 e. The maximum atomic E-state index is 8.48. The number of nitrogens with one attached hydrogen (secondary N) is 1. The van der Waals surface area contributed by atoms with Crippen molar-refractivity contribution in [1.82, 2.24) is 15.2 Å². The van der Waals surface area contributed by atoms with Gasteiger partial charge in [0, 0.05) is 12.5 Å². The van der Waals surface area contributed by atoms with E-state index in [1.165, 1.54) is 0 Å². The fraction of sp³-hybridized carbons (Fsp3) is 0.0769. The van der Waals surface area contributed by atoms with Gasteiger partial charge in [-0.2, -0.15) is 5.26 Å². The lowest BCUT2D eigenvalue weighted by Crippen LogP contribution is -1.94. The normalized spacial score (nSPS) is 10.3. The third-order valence-electron chi connectivity index (χ3n) is 2.64. The number of oxazole rings is 1. The Morgan fingerprint density at radius 1 is 1.21 bits per heavy atom. The summed E-state index contributed by atoms with van der Waals surface area (Å²) in [6.07, 6.45) is 1.79. The molecule has 6 nitrogen and oxygen atoms in total. The molecule has 0 atom stereocenters. The fourth-order valence-electron chi connectivity index (χ4n) is 1.81. The molecule has 1 N–H and O–H groups in total. The van der Waals surface area contributed by atoms with E-state index < -0.39 is 0 Å². The zero-order valence-electron chi connectivity index (χ0n) is 10.1. The van der Waals surface area contributed by atoms with Gasteiger partial charge >= 0.3 is 0 Å². The molecule has 92 valence electrons. The molecule has 3 aromatic rings. The van der Waals surface area contributed by atoms with E-state index >= 15 is 0 Å². The molecule has 0 amide bonds. The van der Waals surface area contributed by atoms with Gasteiger partial charge in [0.1, 0.15) is 5.52 Å². The molecule has 0 aliphatic carbocycles. The summed E-state index contributed by atoms with van der Waals surface area (Å²) in [4.78, 5) is 4.24. The quantitative estimate of drug-likeness (QED) is 0.556. The van der Waals surface area contributed by atoms with Gasteiger partial charge in [-0.1, -0.05) is 6.07 Å². The fourth-order valence-corrected chi connectivity index (χ4v) is 1.81. The summed E-state index contributed by atoms with van der Waals surface area (Å²) >= 11 is 0. The maximum absolute atomic E-state index is 8.48. The second-order valence-corrected chi connectivity index (χ2v) is 3.96. The number of fused-ring (bicyclic) bond motifs is 1. The van der Waals surface area contributed by atoms with Crippen LogP contribution in [0.1, 0.15) is 5.89 Å². The van der Waals surface area contributed by atoms with Crippen molar-refractivity contribution in [2.45, 2.75) is 6.92 Å². The van der Waals surface area contributed by atoms with Crippen LogP contribution in [-0.4, -0.2) is 15.2 Å². The van der Waals surface area contributed by atoms with E-state index in [4.69, 9.17) is 9.68 Å². The molecule has 1 aromatic carbocycles. The molecule has 0 unspecified atom stereocenters. The number of aromatic nitrogens is 3. The minimum atomic E-state index is 0.419. The number of aryl methyl sites for hydroxylation is 1. The third kappa shape index (κ3) is 2.09. The van der Waals surface area contributed by atoms with Crippen molar-refractivity contribution in [2.75, 3.05) is 5.32 Å². The van der Waals surface area contributed by atoms with Gasteiger partial charge in [0.25, 0.3) is 0 Å². The smallest absolute Gasteiger partial charge is 0.192 e. The maximum Gasteiger partial charge on any atom is 0.192 e. The summed E-state index contributed by atoms with van der Waals surface area (Å²) in [5.74, 6) is 1.05. The lowest BCUT2D eigenvalue weighted by molar-refractivity contribution is 0.561. The van der Waals surface area contributed by atoms with E-state index in [0.29, 0.717) is 17.4 Å². The Kier molecular flexibility index (Phi) is 2.58. The molecule has 2 aromatic heterocycles. The third-order valence-corrected chi connectivity index (χ3v) is 2.64. The first-order valence-corrected chi connectivity index (χ1v) is 5.62. The van der Waals surface area contributed by atoms with Crippen LogP contribution in [0, 0.1) is 18.4 Å². The van der Waals surface area contributed by atoms with Crippen LogP contribution >= 0.6 is 0 Å². The number of hydrogen-bond donors (Lipinski definition) is 1. The van der Waals surface area contributed by atoms with Crippen LogP contribution in [-0.2, 0) is 0 Å². The Hall–Kier alpha value is -2.94. The highest BCUT2D eigenvalue weighted by atomic mass is 16.3. The van der Waals surface area contributed by atoms with Gasteiger partial charge in [-0.05, 0) is 24.3 Å². The van der Waals surface area contributed by atoms with E-state index in [9.17, 15) is 0 Å². The second-order valence-electron chi connectivity index (χ2n) is 3.96. The summed E-state index contributed by atoms with van der Waals surface area (Å²) in [5, 5.41) is 18.9. The van der Waals surface area contributed by atoms with Crippen molar-refractivity contribution in [1.29, 1.82) is 5.26 Å². The molecule has 0 aliphatic heterocycles. The summed E-state index contributed by atoms with van der Waals surface area (Å²) in [6.45, 7) is 1.81. The number of nitrogens with zero attached hydrogens (tertiary/aromatic N) is 4. The Labute approximate surface area is 108 Å². The number of nitriles is 1. The van der Waals surface area contributed by atoms with Crippen LogP contribution in [0.15, 0.2) is 34.7 Å². The number of benzene rings is 1. The predicted molar refractivity (Wildman–Crippen MR) is 69.0 cm³/mol. The van der Waals surface area contributed by atoms with Crippen molar-refractivity contribution in [3.05, 3.63) is 36.2 Å². The molecule has 0 spiro atoms. The second kappa shape index (κ2) is 4.38. The Morgan fingerprint density at radius 3 is 2.84 bits per heavy atom. The van der Waals surface area contributed by atoms with Gasteiger partial charge in [-0.15, -0.1) is 10.2 Å². The molecule has 2 heterocycles. The van der Waals surface area contributed by atoms with Gasteiger partial charge in [0.2, 0.25) is 0 Å². The zero-order chi connectivity index (χ0) is 13.2. The Morgan fingerprint density at radius 2 is 2.11 bits per heavy atom. The van der Waals surface area contributed by atoms with Crippen LogP contribution in [0.2, 0.25) is 0 Å². The highest BCUT2D eigenvalue weighted by Crippen LogP contribution is 2.23. The van der Waals surface area contributed by atoms with Crippen molar-refractivity contribution in [3.63, 3.8) is 0 Å². The van der Waals surface area contributed by atoms with Crippen molar-refractivity contribution >= 4 is 16.9 Å². The summed E-state index contributed by atoms with van der Waals surface area (Å²) < 4.78 is 5.48. The molecule has 0 fully saturated rings. The lowest BCUT2D eigenvalue weighted by atomic mass is 10.1. The molecule has 0 saturated heterocycles. The first-order valence-electron chi connectivity index (χ1n) is 5.62. The number of anilines is 1. The van der Waals surface area contributed by atoms with Crippen LogP contribution in [0.4, 0.5) is 5.82 Å². The van der Waals surface area contributed by atoms with Crippen molar-refractivity contribution in [3.8, 4) is 17.5 Å². The molecular formula is C13H9N5O. The highest BCUT2D eigenvalue weighted by Gasteiger charge is 2.06. The molecule has 0 radical (unpaired) electrons. The van der Waals surface area contributed by atoms with Crippen molar-refractivity contribution in [2.24, 2.45) is 0 Å². The SMILES string of the molecule is Cc1nc2ccc(-c3ccc(NC#N)nn3)cc2o1. The van der Waals surface area contributed by atoms with Gasteiger partial charge in [0.05, 0.1) is 5.69 Å². The molecule has 0 saturated carbocycles. The van der Waals surface area contributed by atoms with E-state index in [1.54, 1.807) is 18.3 Å². The predicted octanol–water partition coefficient (Wildman–Crippen LogP) is 2.49. The van der Waals surface area contributed by atoms with E-state index in [-0.39, 0.29) is 0 Å². The summed E-state index contributed by atoms with van der Waals surface area (Å²) in [6, 6.07) is 9.14. The van der Waals surface area contributed by atoms with Crippen LogP contribution in [0.25, 0.3) is 22.4 Å². The zero-order valence-corrected chi connectivity index (χ0v) is 10.1. The lowest BCUT2D eigenvalue weighted by Gasteiger charge is -2.00. The van der Waals surface area contributed by atoms with Gasteiger partial charge in [-0.3, -0.25) is 5.32 Å². The average Bonchev–Trinajstić information content (AvgIpc) is 2.79. The van der Waals surface area contributed by atoms with E-state index in [1.807, 2.05) is 25.1 Å². The first kappa shape index (κ1) is 11.2. The average molecular weight is 251 g/mol. The number of rotatable bonds is 2. The monoisotopic (exact) mass is 251 g/mol. The van der Waals surface area contributed by atoms with Crippen molar-refractivity contribution < 1.29 is 4.42 Å². The molecule has 6 heteroatoms. The molecule has 0 bridgehead atoms. The standard InChI is InChI=1S/C13H9N5O/c1-8-16-11-3-2-9(6-12(11)19-8)10-4-5-13(15-7-14)18-17-10/h2-6H,1H3,(H,15,18). The molecule has 0 aliphatic rings. The summed E-state index contributed by atoms with van der Waals surface area (Å²) in [5.41, 5.74) is 3.13. The Bertz CT molecular complexity index is 770. The van der Waals surface area contributed by atoms with Gasteiger partial charge in [-0.25, -0.2) is 4.98 Å². The number of hydrogen-bond acceptors (Lipinski definition) is 6. The highest BCUT2D eigenvalue weighted by molar-refractivity contribution is 5.79. The topological polar surface area (TPSA) is 87.6 Å². The molecular weight excluding hydrogens is 242 g/mol. The van der Waals surface area contributed by atoms with Crippen LogP contribution < -0.4 is 5.32 Å². The molecule has 19 heavy (non-hydrogen) atoms. The molecule has 3 rings (SSSR count). The Balaban J connectivity index is 2.01. The minimum Gasteiger partial charge on any atom is -0.441 e.